The Morgan fingerprint density at radius 1 is 0.952 bits per heavy atom. The molecule has 114 valence electrons. The molecule has 0 fully saturated rings. The van der Waals surface area contributed by atoms with Gasteiger partial charge in [-0.2, -0.15) is 0 Å². The molecule has 0 N–H and O–H groups in total. The first kappa shape index (κ1) is 16.3. The van der Waals surface area contributed by atoms with Crippen molar-refractivity contribution in [2.75, 3.05) is 0 Å². The van der Waals surface area contributed by atoms with Gasteiger partial charge in [0.15, 0.2) is 0 Å². The standard InChI is InChI=1S/C20H30Si/c1-14-11-15(2)19(16(3)12-14)20(4,5)17-9-10-18(13-17)21(6,7)8/h9-13,17H,1-8H3. The topological polar surface area (TPSA) is 0 Å². The van der Waals surface area contributed by atoms with E-state index in [2.05, 4.69) is 84.6 Å². The van der Waals surface area contributed by atoms with Crippen molar-refractivity contribution in [2.24, 2.45) is 5.92 Å². The first-order chi connectivity index (χ1) is 9.53. The molecular weight excluding hydrogens is 268 g/mol. The third kappa shape index (κ3) is 3.08. The summed E-state index contributed by atoms with van der Waals surface area (Å²) in [5.74, 6) is 0.513. The molecule has 1 unspecified atom stereocenters. The maximum atomic E-state index is 2.53. The number of aryl methyl sites for hydroxylation is 3. The van der Waals surface area contributed by atoms with Crippen molar-refractivity contribution in [3.05, 3.63) is 57.8 Å². The fourth-order valence-corrected chi connectivity index (χ4v) is 5.10. The molecule has 0 bridgehead atoms. The van der Waals surface area contributed by atoms with E-state index in [1.807, 2.05) is 0 Å². The monoisotopic (exact) mass is 298 g/mol. The SMILES string of the molecule is Cc1cc(C)c(C(C)(C)C2C=CC([Si](C)(C)C)=C2)c(C)c1. The molecule has 1 aromatic rings. The van der Waals surface area contributed by atoms with Crippen molar-refractivity contribution >= 4 is 8.07 Å². The van der Waals surface area contributed by atoms with E-state index in [9.17, 15) is 0 Å². The Morgan fingerprint density at radius 2 is 1.48 bits per heavy atom. The van der Waals surface area contributed by atoms with E-state index in [0.29, 0.717) is 5.92 Å². The average molecular weight is 299 g/mol. The predicted molar refractivity (Wildman–Crippen MR) is 97.7 cm³/mol. The quantitative estimate of drug-likeness (QED) is 0.611. The lowest BCUT2D eigenvalue weighted by Crippen LogP contribution is -2.28. The summed E-state index contributed by atoms with van der Waals surface area (Å²) in [6.45, 7) is 18.8. The van der Waals surface area contributed by atoms with Gasteiger partial charge < -0.3 is 0 Å². The highest BCUT2D eigenvalue weighted by atomic mass is 28.3. The lowest BCUT2D eigenvalue weighted by atomic mass is 9.70. The lowest BCUT2D eigenvalue weighted by Gasteiger charge is -2.34. The second kappa shape index (κ2) is 5.28. The van der Waals surface area contributed by atoms with E-state index in [0.717, 1.165) is 0 Å². The second-order valence-electron chi connectivity index (χ2n) is 8.25. The third-order valence-corrected chi connectivity index (χ3v) is 6.93. The van der Waals surface area contributed by atoms with E-state index in [4.69, 9.17) is 0 Å². The number of allylic oxidation sites excluding steroid dienone is 4. The largest absolute Gasteiger partial charge is 0.0775 e. The summed E-state index contributed by atoms with van der Waals surface area (Å²) in [7, 11) is -1.21. The minimum atomic E-state index is -1.21. The highest BCUT2D eigenvalue weighted by Gasteiger charge is 2.34. The van der Waals surface area contributed by atoms with Gasteiger partial charge in [0, 0.05) is 5.92 Å². The smallest absolute Gasteiger partial charge is 0.0771 e. The summed E-state index contributed by atoms with van der Waals surface area (Å²) in [5, 5.41) is 1.60. The van der Waals surface area contributed by atoms with Gasteiger partial charge in [-0.1, -0.05) is 74.6 Å². The van der Waals surface area contributed by atoms with Gasteiger partial charge >= 0.3 is 0 Å². The molecule has 21 heavy (non-hydrogen) atoms. The molecule has 0 spiro atoms. The fraction of sp³-hybridized carbons (Fsp3) is 0.500. The summed E-state index contributed by atoms with van der Waals surface area (Å²) in [6, 6.07) is 4.65. The van der Waals surface area contributed by atoms with Gasteiger partial charge in [-0.3, -0.25) is 0 Å². The van der Waals surface area contributed by atoms with Crippen LogP contribution in [0.5, 0.6) is 0 Å². The molecule has 1 heteroatoms. The summed E-state index contributed by atoms with van der Waals surface area (Å²) in [6.07, 6.45) is 7.34. The normalized spacial score (nSPS) is 19.0. The van der Waals surface area contributed by atoms with Crippen LogP contribution in [0.1, 0.15) is 36.1 Å². The number of hydrogen-bond donors (Lipinski definition) is 0. The zero-order valence-electron chi connectivity index (χ0n) is 15.0. The molecule has 0 aromatic heterocycles. The molecule has 0 saturated heterocycles. The van der Waals surface area contributed by atoms with Gasteiger partial charge in [-0.25, -0.2) is 0 Å². The molecule has 0 heterocycles. The van der Waals surface area contributed by atoms with Gasteiger partial charge in [-0.15, -0.1) is 0 Å². The molecular formula is C20H30Si. The maximum absolute atomic E-state index is 2.53. The summed E-state index contributed by atoms with van der Waals surface area (Å²) in [5.41, 5.74) is 5.90. The van der Waals surface area contributed by atoms with Crippen LogP contribution in [0, 0.1) is 26.7 Å². The molecule has 1 aliphatic carbocycles. The first-order valence-electron chi connectivity index (χ1n) is 8.02. The van der Waals surface area contributed by atoms with Crippen LogP contribution >= 0.6 is 0 Å². The van der Waals surface area contributed by atoms with E-state index in [1.165, 1.54) is 22.3 Å². The van der Waals surface area contributed by atoms with Crippen LogP contribution in [0.15, 0.2) is 35.6 Å². The Labute approximate surface area is 132 Å². The highest BCUT2D eigenvalue weighted by molar-refractivity contribution is 6.83. The van der Waals surface area contributed by atoms with Gasteiger partial charge in [0.1, 0.15) is 0 Å². The van der Waals surface area contributed by atoms with Crippen LogP contribution in [0.3, 0.4) is 0 Å². The number of benzene rings is 1. The van der Waals surface area contributed by atoms with Gasteiger partial charge in [-0.05, 0) is 42.9 Å². The summed E-state index contributed by atoms with van der Waals surface area (Å²) in [4.78, 5) is 0. The van der Waals surface area contributed by atoms with Crippen LogP contribution < -0.4 is 0 Å². The van der Waals surface area contributed by atoms with E-state index in [1.54, 1.807) is 5.20 Å². The Kier molecular flexibility index (Phi) is 4.09. The molecule has 1 atom stereocenters. The number of hydrogen-bond acceptors (Lipinski definition) is 0. The summed E-state index contributed by atoms with van der Waals surface area (Å²) >= 11 is 0. The van der Waals surface area contributed by atoms with E-state index < -0.39 is 8.07 Å². The van der Waals surface area contributed by atoms with Crippen LogP contribution in [-0.4, -0.2) is 8.07 Å². The zero-order chi connectivity index (χ0) is 16.0. The van der Waals surface area contributed by atoms with Crippen LogP contribution in [0.25, 0.3) is 0 Å². The van der Waals surface area contributed by atoms with Crippen molar-refractivity contribution < 1.29 is 0 Å². The molecule has 0 amide bonds. The van der Waals surface area contributed by atoms with Gasteiger partial charge in [0.2, 0.25) is 0 Å². The third-order valence-electron chi connectivity index (χ3n) is 4.86. The van der Waals surface area contributed by atoms with Gasteiger partial charge in [0.25, 0.3) is 0 Å². The Hall–Kier alpha value is -1.08. The van der Waals surface area contributed by atoms with Crippen LogP contribution in [0.4, 0.5) is 0 Å². The molecule has 2 rings (SSSR count). The zero-order valence-corrected chi connectivity index (χ0v) is 16.0. The van der Waals surface area contributed by atoms with Gasteiger partial charge in [0.05, 0.1) is 8.07 Å². The van der Waals surface area contributed by atoms with Crippen molar-refractivity contribution in [1.82, 2.24) is 0 Å². The minimum absolute atomic E-state index is 0.153. The Bertz CT molecular complexity index is 586. The Morgan fingerprint density at radius 3 is 1.90 bits per heavy atom. The molecule has 0 nitrogen and oxygen atoms in total. The molecule has 0 aliphatic heterocycles. The maximum Gasteiger partial charge on any atom is 0.0771 e. The molecule has 1 aromatic carbocycles. The first-order valence-corrected chi connectivity index (χ1v) is 11.5. The fourth-order valence-electron chi connectivity index (χ4n) is 3.82. The lowest BCUT2D eigenvalue weighted by molar-refractivity contribution is 0.443. The summed E-state index contributed by atoms with van der Waals surface area (Å²) < 4.78 is 0. The van der Waals surface area contributed by atoms with E-state index in [-0.39, 0.29) is 5.41 Å². The second-order valence-corrected chi connectivity index (χ2v) is 13.3. The number of rotatable bonds is 3. The minimum Gasteiger partial charge on any atom is -0.0775 e. The molecule has 1 aliphatic rings. The predicted octanol–water partition coefficient (Wildman–Crippen LogP) is 5.88. The van der Waals surface area contributed by atoms with Crippen molar-refractivity contribution in [1.29, 1.82) is 0 Å². The van der Waals surface area contributed by atoms with Crippen molar-refractivity contribution in [2.45, 2.75) is 59.7 Å². The molecule has 0 saturated carbocycles. The molecule has 0 radical (unpaired) electrons. The van der Waals surface area contributed by atoms with Crippen LogP contribution in [-0.2, 0) is 5.41 Å². The average Bonchev–Trinajstić information content (AvgIpc) is 2.75. The van der Waals surface area contributed by atoms with Crippen LogP contribution in [0.2, 0.25) is 19.6 Å². The van der Waals surface area contributed by atoms with Crippen molar-refractivity contribution in [3.8, 4) is 0 Å². The van der Waals surface area contributed by atoms with E-state index >= 15 is 0 Å². The van der Waals surface area contributed by atoms with Crippen molar-refractivity contribution in [3.63, 3.8) is 0 Å². The highest BCUT2D eigenvalue weighted by Crippen LogP contribution is 2.41. The Balaban J connectivity index is 2.46.